The molecular formula is C15H20N2O. The minimum absolute atomic E-state index is 0.0846. The maximum absolute atomic E-state index is 12.1. The molecule has 0 bridgehead atoms. The molecule has 0 aromatic heterocycles. The molecule has 1 saturated carbocycles. The summed E-state index contributed by atoms with van der Waals surface area (Å²) in [6.07, 6.45) is 1.15. The fourth-order valence-corrected chi connectivity index (χ4v) is 2.91. The van der Waals surface area contributed by atoms with Gasteiger partial charge in [0.05, 0.1) is 0 Å². The summed E-state index contributed by atoms with van der Waals surface area (Å²) in [7, 11) is 0. The minimum Gasteiger partial charge on any atom is -0.324 e. The van der Waals surface area contributed by atoms with Crippen LogP contribution in [0.5, 0.6) is 0 Å². The lowest BCUT2D eigenvalue weighted by Gasteiger charge is -2.15. The van der Waals surface area contributed by atoms with E-state index in [1.807, 2.05) is 0 Å². The molecule has 0 spiro atoms. The Morgan fingerprint density at radius 1 is 1.33 bits per heavy atom. The Bertz CT molecular complexity index is 534. The second kappa shape index (κ2) is 3.58. The SMILES string of the molecule is Cc1cc(C)c2c(c1)NC(=O)C2NC1CC1(C)C. The van der Waals surface area contributed by atoms with Crippen LogP contribution in [0.15, 0.2) is 12.1 Å². The number of amides is 1. The average molecular weight is 244 g/mol. The predicted octanol–water partition coefficient (Wildman–Crippen LogP) is 2.68. The zero-order chi connectivity index (χ0) is 13.1. The second-order valence-electron chi connectivity index (χ2n) is 6.38. The fourth-order valence-electron chi connectivity index (χ4n) is 2.91. The Labute approximate surface area is 108 Å². The average Bonchev–Trinajstić information content (AvgIpc) is 2.69. The number of nitrogens with one attached hydrogen (secondary N) is 2. The molecular weight excluding hydrogens is 224 g/mol. The maximum atomic E-state index is 12.1. The Morgan fingerprint density at radius 3 is 2.61 bits per heavy atom. The zero-order valence-corrected chi connectivity index (χ0v) is 11.4. The molecule has 3 heteroatoms. The first-order chi connectivity index (χ1) is 8.38. The van der Waals surface area contributed by atoms with Crippen LogP contribution < -0.4 is 10.6 Å². The second-order valence-corrected chi connectivity index (χ2v) is 6.38. The van der Waals surface area contributed by atoms with E-state index in [2.05, 4.69) is 50.5 Å². The Balaban J connectivity index is 1.92. The van der Waals surface area contributed by atoms with Crippen LogP contribution in [0.25, 0.3) is 0 Å². The van der Waals surface area contributed by atoms with Gasteiger partial charge in [-0.05, 0) is 42.9 Å². The first kappa shape index (κ1) is 11.7. The van der Waals surface area contributed by atoms with Crippen molar-refractivity contribution in [2.24, 2.45) is 5.41 Å². The molecule has 2 aliphatic rings. The number of benzene rings is 1. The summed E-state index contributed by atoms with van der Waals surface area (Å²) in [5, 5.41) is 6.49. The Hall–Kier alpha value is -1.35. The summed E-state index contributed by atoms with van der Waals surface area (Å²) in [4.78, 5) is 12.1. The van der Waals surface area contributed by atoms with Crippen molar-refractivity contribution in [2.75, 3.05) is 5.32 Å². The molecule has 1 amide bonds. The van der Waals surface area contributed by atoms with Gasteiger partial charge in [0.2, 0.25) is 5.91 Å². The monoisotopic (exact) mass is 244 g/mol. The normalized spacial score (nSPS) is 27.9. The predicted molar refractivity (Wildman–Crippen MR) is 72.6 cm³/mol. The quantitative estimate of drug-likeness (QED) is 0.839. The van der Waals surface area contributed by atoms with Crippen molar-refractivity contribution in [1.29, 1.82) is 0 Å². The number of hydrogen-bond donors (Lipinski definition) is 2. The minimum atomic E-state index is -0.174. The van der Waals surface area contributed by atoms with Crippen molar-refractivity contribution >= 4 is 11.6 Å². The number of hydrogen-bond acceptors (Lipinski definition) is 2. The van der Waals surface area contributed by atoms with Crippen LogP contribution in [0.3, 0.4) is 0 Å². The molecule has 2 N–H and O–H groups in total. The smallest absolute Gasteiger partial charge is 0.246 e. The number of fused-ring (bicyclic) bond motifs is 1. The van der Waals surface area contributed by atoms with E-state index < -0.39 is 0 Å². The van der Waals surface area contributed by atoms with E-state index in [1.54, 1.807) is 0 Å². The van der Waals surface area contributed by atoms with Gasteiger partial charge in [-0.3, -0.25) is 10.1 Å². The highest BCUT2D eigenvalue weighted by Crippen LogP contribution is 2.47. The lowest BCUT2D eigenvalue weighted by Crippen LogP contribution is -2.31. The van der Waals surface area contributed by atoms with E-state index in [4.69, 9.17) is 0 Å². The van der Waals surface area contributed by atoms with Crippen LogP contribution in [-0.4, -0.2) is 11.9 Å². The van der Waals surface area contributed by atoms with E-state index in [1.165, 1.54) is 11.1 Å². The van der Waals surface area contributed by atoms with Crippen LogP contribution in [0.2, 0.25) is 0 Å². The summed E-state index contributed by atoms with van der Waals surface area (Å²) >= 11 is 0. The molecule has 1 heterocycles. The third kappa shape index (κ3) is 1.74. The topological polar surface area (TPSA) is 41.1 Å². The van der Waals surface area contributed by atoms with Crippen molar-refractivity contribution in [1.82, 2.24) is 5.32 Å². The van der Waals surface area contributed by atoms with Gasteiger partial charge in [-0.25, -0.2) is 0 Å². The summed E-state index contributed by atoms with van der Waals surface area (Å²) in [6.45, 7) is 8.61. The van der Waals surface area contributed by atoms with Crippen molar-refractivity contribution in [3.05, 3.63) is 28.8 Å². The summed E-state index contributed by atoms with van der Waals surface area (Å²) in [5.74, 6) is 0.0846. The highest BCUT2D eigenvalue weighted by Gasteiger charge is 2.48. The lowest BCUT2D eigenvalue weighted by molar-refractivity contribution is -0.117. The molecule has 96 valence electrons. The van der Waals surface area contributed by atoms with Gasteiger partial charge >= 0.3 is 0 Å². The van der Waals surface area contributed by atoms with Gasteiger partial charge in [0.1, 0.15) is 6.04 Å². The van der Waals surface area contributed by atoms with E-state index in [9.17, 15) is 4.79 Å². The van der Waals surface area contributed by atoms with E-state index in [0.717, 1.165) is 17.7 Å². The van der Waals surface area contributed by atoms with E-state index in [0.29, 0.717) is 11.5 Å². The van der Waals surface area contributed by atoms with Gasteiger partial charge in [0, 0.05) is 17.3 Å². The van der Waals surface area contributed by atoms with Crippen LogP contribution in [-0.2, 0) is 4.79 Å². The summed E-state index contributed by atoms with van der Waals surface area (Å²) < 4.78 is 0. The zero-order valence-electron chi connectivity index (χ0n) is 11.4. The lowest BCUT2D eigenvalue weighted by atomic mass is 9.99. The molecule has 0 radical (unpaired) electrons. The highest BCUT2D eigenvalue weighted by molar-refractivity contribution is 6.03. The van der Waals surface area contributed by atoms with E-state index in [-0.39, 0.29) is 11.9 Å². The molecule has 0 saturated heterocycles. The molecule has 1 fully saturated rings. The van der Waals surface area contributed by atoms with Crippen LogP contribution in [0.1, 0.15) is 43.0 Å². The Morgan fingerprint density at radius 2 is 2.00 bits per heavy atom. The first-order valence-electron chi connectivity index (χ1n) is 6.56. The van der Waals surface area contributed by atoms with Crippen molar-refractivity contribution < 1.29 is 4.79 Å². The number of anilines is 1. The molecule has 1 aromatic rings. The molecule has 2 atom stereocenters. The third-order valence-electron chi connectivity index (χ3n) is 4.22. The van der Waals surface area contributed by atoms with Crippen molar-refractivity contribution in [2.45, 2.75) is 46.2 Å². The first-order valence-corrected chi connectivity index (χ1v) is 6.56. The van der Waals surface area contributed by atoms with Gasteiger partial charge in [-0.2, -0.15) is 0 Å². The highest BCUT2D eigenvalue weighted by atomic mass is 16.2. The van der Waals surface area contributed by atoms with Gasteiger partial charge in [0.15, 0.2) is 0 Å². The van der Waals surface area contributed by atoms with Crippen LogP contribution in [0.4, 0.5) is 5.69 Å². The standard InChI is InChI=1S/C15H20N2O/c1-8-5-9(2)12-10(6-8)16-14(18)13(12)17-11-7-15(11,3)4/h5-6,11,13,17H,7H2,1-4H3,(H,16,18). The van der Waals surface area contributed by atoms with E-state index >= 15 is 0 Å². The molecule has 1 aromatic carbocycles. The van der Waals surface area contributed by atoms with Gasteiger partial charge < -0.3 is 5.32 Å². The molecule has 18 heavy (non-hydrogen) atoms. The number of carbonyl (C=O) groups excluding carboxylic acids is 1. The van der Waals surface area contributed by atoms with Crippen molar-refractivity contribution in [3.63, 3.8) is 0 Å². The summed E-state index contributed by atoms with van der Waals surface area (Å²) in [5.41, 5.74) is 4.83. The Kier molecular flexibility index (Phi) is 2.33. The largest absolute Gasteiger partial charge is 0.324 e. The van der Waals surface area contributed by atoms with Crippen molar-refractivity contribution in [3.8, 4) is 0 Å². The molecule has 3 rings (SSSR count). The molecule has 2 unspecified atom stereocenters. The third-order valence-corrected chi connectivity index (χ3v) is 4.22. The molecule has 3 nitrogen and oxygen atoms in total. The number of aryl methyl sites for hydroxylation is 2. The van der Waals surface area contributed by atoms with Gasteiger partial charge in [-0.1, -0.05) is 19.9 Å². The fraction of sp³-hybridized carbons (Fsp3) is 0.533. The molecule has 1 aliphatic heterocycles. The van der Waals surface area contributed by atoms with Crippen LogP contribution in [0, 0.1) is 19.3 Å². The van der Waals surface area contributed by atoms with Crippen LogP contribution >= 0.6 is 0 Å². The van der Waals surface area contributed by atoms with Gasteiger partial charge in [-0.15, -0.1) is 0 Å². The number of carbonyl (C=O) groups is 1. The molecule has 1 aliphatic carbocycles. The van der Waals surface area contributed by atoms with Gasteiger partial charge in [0.25, 0.3) is 0 Å². The summed E-state index contributed by atoms with van der Waals surface area (Å²) in [6, 6.07) is 4.48. The number of rotatable bonds is 2. The maximum Gasteiger partial charge on any atom is 0.246 e.